The third-order valence-corrected chi connectivity index (χ3v) is 3.09. The molecule has 0 radical (unpaired) electrons. The van der Waals surface area contributed by atoms with Crippen LogP contribution in [0.3, 0.4) is 0 Å². The fraction of sp³-hybridized carbons (Fsp3) is 0.143. The van der Waals surface area contributed by atoms with Crippen molar-refractivity contribution >= 4 is 15.9 Å². The van der Waals surface area contributed by atoms with Gasteiger partial charge < -0.3 is 9.84 Å². The molecular weight excluding hydrogens is 280 g/mol. The number of ether oxygens (including phenoxy) is 1. The molecule has 88 valence electrons. The Morgan fingerprint density at radius 3 is 2.35 bits per heavy atom. The zero-order valence-corrected chi connectivity index (χ0v) is 11.0. The maximum atomic E-state index is 9.51. The lowest BCUT2D eigenvalue weighted by molar-refractivity contribution is 0.198. The van der Waals surface area contributed by atoms with Crippen molar-refractivity contribution in [3.05, 3.63) is 58.6 Å². The van der Waals surface area contributed by atoms with E-state index in [1.54, 1.807) is 6.92 Å². The number of halogens is 1. The van der Waals surface area contributed by atoms with Crippen LogP contribution < -0.4 is 4.74 Å². The van der Waals surface area contributed by atoms with Gasteiger partial charge in [0, 0.05) is 4.47 Å². The first-order valence-corrected chi connectivity index (χ1v) is 6.16. The van der Waals surface area contributed by atoms with E-state index in [0.717, 1.165) is 21.5 Å². The fourth-order valence-electron chi connectivity index (χ4n) is 1.53. The van der Waals surface area contributed by atoms with Gasteiger partial charge in [-0.25, -0.2) is 0 Å². The average molecular weight is 293 g/mol. The highest BCUT2D eigenvalue weighted by Gasteiger charge is 2.07. The van der Waals surface area contributed by atoms with Crippen LogP contribution in [0.5, 0.6) is 11.5 Å². The molecule has 0 aromatic heterocycles. The number of rotatable bonds is 3. The van der Waals surface area contributed by atoms with Gasteiger partial charge in [-0.2, -0.15) is 0 Å². The molecule has 0 spiro atoms. The summed E-state index contributed by atoms with van der Waals surface area (Å²) in [4.78, 5) is 0. The summed E-state index contributed by atoms with van der Waals surface area (Å²) in [6.45, 7) is 1.73. The Kier molecular flexibility index (Phi) is 3.82. The lowest BCUT2D eigenvalue weighted by atomic mass is 10.1. The zero-order valence-electron chi connectivity index (χ0n) is 9.43. The molecule has 0 aliphatic carbocycles. The van der Waals surface area contributed by atoms with Crippen molar-refractivity contribution in [3.63, 3.8) is 0 Å². The van der Waals surface area contributed by atoms with Crippen molar-refractivity contribution in [2.75, 3.05) is 0 Å². The lowest BCUT2D eigenvalue weighted by Crippen LogP contribution is -1.93. The highest BCUT2D eigenvalue weighted by Crippen LogP contribution is 2.29. The lowest BCUT2D eigenvalue weighted by Gasteiger charge is -2.10. The summed E-state index contributed by atoms with van der Waals surface area (Å²) in [6.07, 6.45) is -0.491. The molecule has 0 saturated carbocycles. The van der Waals surface area contributed by atoms with Gasteiger partial charge in [0.1, 0.15) is 11.5 Å². The summed E-state index contributed by atoms with van der Waals surface area (Å²) in [5.74, 6) is 1.54. The molecule has 3 heteroatoms. The molecule has 0 amide bonds. The molecule has 0 heterocycles. The van der Waals surface area contributed by atoms with Crippen molar-refractivity contribution in [3.8, 4) is 11.5 Å². The first-order chi connectivity index (χ1) is 8.16. The van der Waals surface area contributed by atoms with E-state index >= 15 is 0 Å². The minimum Gasteiger partial charge on any atom is -0.457 e. The van der Waals surface area contributed by atoms with Gasteiger partial charge in [0.25, 0.3) is 0 Å². The normalized spacial score (nSPS) is 12.2. The summed E-state index contributed by atoms with van der Waals surface area (Å²) in [5.41, 5.74) is 0.852. The van der Waals surface area contributed by atoms with Gasteiger partial charge in [0.05, 0.1) is 6.10 Å². The van der Waals surface area contributed by atoms with Gasteiger partial charge in [0.2, 0.25) is 0 Å². The van der Waals surface area contributed by atoms with Crippen LogP contribution in [0.15, 0.2) is 53.0 Å². The second-order valence-electron chi connectivity index (χ2n) is 3.77. The number of benzene rings is 2. The van der Waals surface area contributed by atoms with Crippen LogP contribution in [0, 0.1) is 0 Å². The molecule has 0 aliphatic rings. The summed E-state index contributed by atoms with van der Waals surface area (Å²) < 4.78 is 6.53. The fourth-order valence-corrected chi connectivity index (χ4v) is 2.22. The molecule has 17 heavy (non-hydrogen) atoms. The van der Waals surface area contributed by atoms with Gasteiger partial charge in [0.15, 0.2) is 0 Å². The monoisotopic (exact) mass is 292 g/mol. The van der Waals surface area contributed by atoms with E-state index in [2.05, 4.69) is 15.9 Å². The SMILES string of the molecule is CC(O)c1ccc(Oc2ccccc2)cc1Br. The molecule has 0 bridgehead atoms. The second kappa shape index (κ2) is 5.34. The van der Waals surface area contributed by atoms with E-state index in [9.17, 15) is 5.11 Å². The van der Waals surface area contributed by atoms with Crippen molar-refractivity contribution < 1.29 is 9.84 Å². The van der Waals surface area contributed by atoms with Crippen molar-refractivity contribution in [1.82, 2.24) is 0 Å². The summed E-state index contributed by atoms with van der Waals surface area (Å²) >= 11 is 3.42. The number of hydrogen-bond acceptors (Lipinski definition) is 2. The van der Waals surface area contributed by atoms with Crippen LogP contribution in [0.25, 0.3) is 0 Å². The Morgan fingerprint density at radius 1 is 1.06 bits per heavy atom. The van der Waals surface area contributed by atoms with Gasteiger partial charge >= 0.3 is 0 Å². The van der Waals surface area contributed by atoms with Crippen LogP contribution in [0.2, 0.25) is 0 Å². The molecule has 2 rings (SSSR count). The van der Waals surface area contributed by atoms with Crippen LogP contribution in [-0.2, 0) is 0 Å². The van der Waals surface area contributed by atoms with Crippen molar-refractivity contribution in [1.29, 1.82) is 0 Å². The van der Waals surface area contributed by atoms with Gasteiger partial charge in [-0.1, -0.05) is 40.2 Å². The maximum absolute atomic E-state index is 9.51. The highest BCUT2D eigenvalue weighted by atomic mass is 79.9. The Labute approximate surface area is 109 Å². The molecular formula is C14H13BrO2. The molecule has 1 atom stereocenters. The second-order valence-corrected chi connectivity index (χ2v) is 4.63. The topological polar surface area (TPSA) is 29.5 Å². The van der Waals surface area contributed by atoms with E-state index < -0.39 is 6.10 Å². The smallest absolute Gasteiger partial charge is 0.128 e. The standard InChI is InChI=1S/C14H13BrO2/c1-10(16)13-8-7-12(9-14(13)15)17-11-5-3-2-4-6-11/h2-10,16H,1H3. The zero-order chi connectivity index (χ0) is 12.3. The molecule has 2 aromatic carbocycles. The first-order valence-electron chi connectivity index (χ1n) is 5.37. The molecule has 1 unspecified atom stereocenters. The van der Waals surface area contributed by atoms with Crippen molar-refractivity contribution in [2.24, 2.45) is 0 Å². The van der Waals surface area contributed by atoms with E-state index in [4.69, 9.17) is 4.74 Å². The maximum Gasteiger partial charge on any atom is 0.128 e. The largest absolute Gasteiger partial charge is 0.457 e. The van der Waals surface area contributed by atoms with Gasteiger partial charge in [-0.3, -0.25) is 0 Å². The van der Waals surface area contributed by atoms with E-state index in [-0.39, 0.29) is 0 Å². The van der Waals surface area contributed by atoms with Crippen LogP contribution in [0.4, 0.5) is 0 Å². The Bertz CT molecular complexity index is 495. The number of aliphatic hydroxyl groups is 1. The Hall–Kier alpha value is -1.32. The van der Waals surface area contributed by atoms with E-state index in [0.29, 0.717) is 0 Å². The summed E-state index contributed by atoms with van der Waals surface area (Å²) in [5, 5.41) is 9.51. The predicted molar refractivity (Wildman–Crippen MR) is 71.3 cm³/mol. The van der Waals surface area contributed by atoms with Crippen LogP contribution >= 0.6 is 15.9 Å². The highest BCUT2D eigenvalue weighted by molar-refractivity contribution is 9.10. The molecule has 1 N–H and O–H groups in total. The number of para-hydroxylation sites is 1. The van der Waals surface area contributed by atoms with Crippen molar-refractivity contribution in [2.45, 2.75) is 13.0 Å². The molecule has 2 nitrogen and oxygen atoms in total. The minimum atomic E-state index is -0.491. The van der Waals surface area contributed by atoms with E-state index in [1.165, 1.54) is 0 Å². The summed E-state index contributed by atoms with van der Waals surface area (Å²) in [7, 11) is 0. The first kappa shape index (κ1) is 12.1. The molecule has 0 fully saturated rings. The van der Waals surface area contributed by atoms with E-state index in [1.807, 2.05) is 48.5 Å². The Balaban J connectivity index is 2.21. The molecule has 0 aliphatic heterocycles. The van der Waals surface area contributed by atoms with Gasteiger partial charge in [-0.05, 0) is 36.8 Å². The number of hydrogen-bond donors (Lipinski definition) is 1. The third-order valence-electron chi connectivity index (χ3n) is 2.40. The average Bonchev–Trinajstić information content (AvgIpc) is 2.30. The minimum absolute atomic E-state index is 0.491. The number of aliphatic hydroxyl groups excluding tert-OH is 1. The summed E-state index contributed by atoms with van der Waals surface area (Å²) in [6, 6.07) is 15.2. The molecule has 0 saturated heterocycles. The van der Waals surface area contributed by atoms with Crippen LogP contribution in [-0.4, -0.2) is 5.11 Å². The quantitative estimate of drug-likeness (QED) is 0.914. The Morgan fingerprint density at radius 2 is 1.76 bits per heavy atom. The molecule has 2 aromatic rings. The van der Waals surface area contributed by atoms with Gasteiger partial charge in [-0.15, -0.1) is 0 Å². The van der Waals surface area contributed by atoms with Crippen LogP contribution in [0.1, 0.15) is 18.6 Å². The third kappa shape index (κ3) is 3.08. The predicted octanol–water partition coefficient (Wildman–Crippen LogP) is 4.29.